The van der Waals surface area contributed by atoms with Gasteiger partial charge >= 0.3 is 0 Å². The van der Waals surface area contributed by atoms with Crippen LogP contribution in [0.1, 0.15) is 18.1 Å². The maximum Gasteiger partial charge on any atom is 0.191 e. The quantitative estimate of drug-likeness (QED) is 0.193. The summed E-state index contributed by atoms with van der Waals surface area (Å²) in [5.74, 6) is 1.57. The zero-order chi connectivity index (χ0) is 17.9. The van der Waals surface area contributed by atoms with Crippen LogP contribution < -0.4 is 15.4 Å². The second-order valence-corrected chi connectivity index (χ2v) is 5.63. The molecule has 0 radical (unpaired) electrons. The third-order valence-corrected chi connectivity index (χ3v) is 3.55. The van der Waals surface area contributed by atoms with Gasteiger partial charge in [0.2, 0.25) is 0 Å². The number of ether oxygens (including phenoxy) is 1. The summed E-state index contributed by atoms with van der Waals surface area (Å²) in [5, 5.41) is 7.04. The molecule has 0 aliphatic rings. The molecule has 0 unspecified atom stereocenters. The molecule has 7 heteroatoms. The van der Waals surface area contributed by atoms with Crippen LogP contribution in [0.3, 0.4) is 0 Å². The van der Waals surface area contributed by atoms with Crippen molar-refractivity contribution in [2.45, 2.75) is 20.0 Å². The monoisotopic (exact) mass is 486 g/mol. The fraction of sp³-hybridized carbons (Fsp3) is 0.263. The molecular formula is C19H24ClIN4O. The molecule has 1 aromatic carbocycles. The van der Waals surface area contributed by atoms with Crippen molar-refractivity contribution in [2.24, 2.45) is 4.99 Å². The molecule has 2 N–H and O–H groups in total. The Kier molecular flexibility index (Phi) is 10.7. The Morgan fingerprint density at radius 1 is 1.27 bits per heavy atom. The summed E-state index contributed by atoms with van der Waals surface area (Å²) in [5.41, 5.74) is 2.06. The zero-order valence-corrected chi connectivity index (χ0v) is 17.8. The summed E-state index contributed by atoms with van der Waals surface area (Å²) in [7, 11) is 0. The number of aromatic nitrogens is 1. The SMILES string of the molecule is C=CCOc1ccccc1CNC(=NCc1ccc(Cl)nc1)NCC.I. The van der Waals surface area contributed by atoms with E-state index in [-0.39, 0.29) is 24.0 Å². The van der Waals surface area contributed by atoms with Crippen LogP contribution >= 0.6 is 35.6 Å². The minimum Gasteiger partial charge on any atom is -0.489 e. The van der Waals surface area contributed by atoms with Gasteiger partial charge in [0.05, 0.1) is 6.54 Å². The van der Waals surface area contributed by atoms with Crippen molar-refractivity contribution in [2.75, 3.05) is 13.2 Å². The molecule has 0 spiro atoms. The molecule has 0 amide bonds. The topological polar surface area (TPSA) is 58.5 Å². The lowest BCUT2D eigenvalue weighted by Crippen LogP contribution is -2.36. The number of nitrogens with zero attached hydrogens (tertiary/aromatic N) is 2. The average Bonchev–Trinajstić information content (AvgIpc) is 2.64. The van der Waals surface area contributed by atoms with Gasteiger partial charge in [-0.2, -0.15) is 0 Å². The molecule has 0 fully saturated rings. The van der Waals surface area contributed by atoms with Gasteiger partial charge < -0.3 is 15.4 Å². The van der Waals surface area contributed by atoms with Gasteiger partial charge in [-0.3, -0.25) is 0 Å². The molecule has 0 aliphatic heterocycles. The first-order chi connectivity index (χ1) is 12.2. The van der Waals surface area contributed by atoms with E-state index >= 15 is 0 Å². The Balaban J connectivity index is 0.00000338. The first-order valence-corrected chi connectivity index (χ1v) is 8.55. The smallest absolute Gasteiger partial charge is 0.191 e. The normalized spacial score (nSPS) is 10.6. The molecule has 0 saturated heterocycles. The van der Waals surface area contributed by atoms with Gasteiger partial charge in [0.25, 0.3) is 0 Å². The van der Waals surface area contributed by atoms with Crippen LogP contribution in [0.5, 0.6) is 5.75 Å². The van der Waals surface area contributed by atoms with Crippen LogP contribution in [0.25, 0.3) is 0 Å². The summed E-state index contributed by atoms with van der Waals surface area (Å²) in [6, 6.07) is 11.6. The van der Waals surface area contributed by atoms with Crippen molar-refractivity contribution in [3.05, 3.63) is 71.5 Å². The average molecular weight is 487 g/mol. The molecule has 0 aliphatic carbocycles. The fourth-order valence-corrected chi connectivity index (χ4v) is 2.24. The van der Waals surface area contributed by atoms with Crippen LogP contribution in [0, 0.1) is 0 Å². The summed E-state index contributed by atoms with van der Waals surface area (Å²) in [6.07, 6.45) is 3.46. The van der Waals surface area contributed by atoms with Crippen LogP contribution in [-0.4, -0.2) is 24.1 Å². The highest BCUT2D eigenvalue weighted by molar-refractivity contribution is 14.0. The van der Waals surface area contributed by atoms with Gasteiger partial charge in [0.15, 0.2) is 5.96 Å². The van der Waals surface area contributed by atoms with E-state index in [1.54, 1.807) is 18.3 Å². The number of aliphatic imine (C=N–C) groups is 1. The van der Waals surface area contributed by atoms with Gasteiger partial charge in [-0.05, 0) is 24.6 Å². The maximum absolute atomic E-state index is 5.80. The first kappa shape index (κ1) is 22.2. The molecule has 2 aromatic rings. The van der Waals surface area contributed by atoms with E-state index in [9.17, 15) is 0 Å². The number of halogens is 2. The second kappa shape index (κ2) is 12.5. The van der Waals surface area contributed by atoms with Gasteiger partial charge in [-0.25, -0.2) is 9.98 Å². The number of rotatable bonds is 8. The molecule has 26 heavy (non-hydrogen) atoms. The number of hydrogen-bond acceptors (Lipinski definition) is 3. The predicted octanol–water partition coefficient (Wildman–Crippen LogP) is 4.17. The molecule has 2 rings (SSSR count). The van der Waals surface area contributed by atoms with E-state index < -0.39 is 0 Å². The minimum atomic E-state index is 0. The number of pyridine rings is 1. The summed E-state index contributed by atoms with van der Waals surface area (Å²) in [4.78, 5) is 8.64. The standard InChI is InChI=1S/C19H23ClN4O.HI/c1-3-11-25-17-8-6-5-7-16(17)14-24-19(21-4-2)23-13-15-9-10-18(20)22-12-15;/h3,5-10,12H,1,4,11,13-14H2,2H3,(H2,21,23,24);1H. The maximum atomic E-state index is 5.80. The van der Waals surface area contributed by atoms with E-state index in [4.69, 9.17) is 16.3 Å². The van der Waals surface area contributed by atoms with E-state index in [0.717, 1.165) is 29.4 Å². The van der Waals surface area contributed by atoms with Crippen molar-refractivity contribution in [1.82, 2.24) is 15.6 Å². The molecule has 5 nitrogen and oxygen atoms in total. The lowest BCUT2D eigenvalue weighted by molar-refractivity contribution is 0.358. The number of para-hydroxylation sites is 1. The number of guanidine groups is 1. The molecule has 0 atom stereocenters. The molecule has 1 aromatic heterocycles. The van der Waals surface area contributed by atoms with E-state index in [1.165, 1.54) is 0 Å². The largest absolute Gasteiger partial charge is 0.489 e. The third-order valence-electron chi connectivity index (χ3n) is 3.33. The van der Waals surface area contributed by atoms with Crippen LogP contribution in [0.4, 0.5) is 0 Å². The lowest BCUT2D eigenvalue weighted by Gasteiger charge is -2.14. The highest BCUT2D eigenvalue weighted by atomic mass is 127. The van der Waals surface area contributed by atoms with E-state index in [1.807, 2.05) is 37.3 Å². The fourth-order valence-electron chi connectivity index (χ4n) is 2.13. The Bertz CT molecular complexity index is 707. The Labute approximate surface area is 176 Å². The summed E-state index contributed by atoms with van der Waals surface area (Å²) < 4.78 is 5.68. The van der Waals surface area contributed by atoms with Crippen molar-refractivity contribution in [3.63, 3.8) is 0 Å². The zero-order valence-electron chi connectivity index (χ0n) is 14.7. The number of benzene rings is 1. The highest BCUT2D eigenvalue weighted by Crippen LogP contribution is 2.17. The minimum absolute atomic E-state index is 0. The Hall–Kier alpha value is -1.80. The summed E-state index contributed by atoms with van der Waals surface area (Å²) >= 11 is 5.80. The second-order valence-electron chi connectivity index (χ2n) is 5.25. The molecule has 1 heterocycles. The number of hydrogen-bond donors (Lipinski definition) is 2. The lowest BCUT2D eigenvalue weighted by atomic mass is 10.2. The Morgan fingerprint density at radius 3 is 2.77 bits per heavy atom. The number of nitrogens with one attached hydrogen (secondary N) is 2. The van der Waals surface area contributed by atoms with E-state index in [2.05, 4.69) is 27.2 Å². The third kappa shape index (κ3) is 7.61. The van der Waals surface area contributed by atoms with Gasteiger partial charge in [0.1, 0.15) is 17.5 Å². The van der Waals surface area contributed by atoms with Gasteiger partial charge in [0, 0.05) is 24.8 Å². The van der Waals surface area contributed by atoms with Crippen LogP contribution in [0.15, 0.2) is 60.2 Å². The van der Waals surface area contributed by atoms with E-state index in [0.29, 0.717) is 24.8 Å². The van der Waals surface area contributed by atoms with Crippen molar-refractivity contribution in [1.29, 1.82) is 0 Å². The summed E-state index contributed by atoms with van der Waals surface area (Å²) in [6.45, 7) is 8.10. The molecular weight excluding hydrogens is 463 g/mol. The van der Waals surface area contributed by atoms with Crippen LogP contribution in [-0.2, 0) is 13.1 Å². The highest BCUT2D eigenvalue weighted by Gasteiger charge is 2.04. The molecule has 0 bridgehead atoms. The molecule has 0 saturated carbocycles. The predicted molar refractivity (Wildman–Crippen MR) is 118 cm³/mol. The van der Waals surface area contributed by atoms with Gasteiger partial charge in [-0.1, -0.05) is 48.5 Å². The van der Waals surface area contributed by atoms with Gasteiger partial charge in [-0.15, -0.1) is 24.0 Å². The Morgan fingerprint density at radius 2 is 2.08 bits per heavy atom. The van der Waals surface area contributed by atoms with Crippen molar-refractivity contribution < 1.29 is 4.74 Å². The molecule has 140 valence electrons. The van der Waals surface area contributed by atoms with Crippen molar-refractivity contribution >= 4 is 41.5 Å². The van der Waals surface area contributed by atoms with Crippen molar-refractivity contribution in [3.8, 4) is 5.75 Å². The van der Waals surface area contributed by atoms with Crippen LogP contribution in [0.2, 0.25) is 5.15 Å². The first-order valence-electron chi connectivity index (χ1n) is 8.17.